The van der Waals surface area contributed by atoms with Gasteiger partial charge in [0.25, 0.3) is 0 Å². The number of carbonyl (C=O) groups excluding carboxylic acids is 2. The van der Waals surface area contributed by atoms with Gasteiger partial charge in [-0.05, 0) is 27.9 Å². The van der Waals surface area contributed by atoms with Crippen LogP contribution in [0, 0.1) is 0 Å². The lowest BCUT2D eigenvalue weighted by molar-refractivity contribution is -0.123. The van der Waals surface area contributed by atoms with Crippen LogP contribution in [0.4, 0.5) is 0 Å². The van der Waals surface area contributed by atoms with Crippen molar-refractivity contribution >= 4 is 11.7 Å². The van der Waals surface area contributed by atoms with Crippen LogP contribution in [0.2, 0.25) is 0 Å². The van der Waals surface area contributed by atoms with Crippen LogP contribution in [0.15, 0.2) is 0 Å². The highest BCUT2D eigenvalue weighted by molar-refractivity contribution is 5.83. The maximum atomic E-state index is 11.4. The average molecular weight is 217 g/mol. The van der Waals surface area contributed by atoms with Gasteiger partial charge in [-0.2, -0.15) is 0 Å². The summed E-state index contributed by atoms with van der Waals surface area (Å²) < 4.78 is 0. The molecular weight excluding hydrogens is 194 g/mol. The van der Waals surface area contributed by atoms with E-state index in [0.717, 1.165) is 6.54 Å². The second kappa shape index (κ2) is 7.36. The summed E-state index contributed by atoms with van der Waals surface area (Å²) in [7, 11) is 3.90. The number of likely N-dealkylation sites (N-methyl/N-ethyl adjacent to an activating group) is 1. The van der Waals surface area contributed by atoms with Gasteiger partial charge in [-0.15, -0.1) is 0 Å². The lowest BCUT2D eigenvalue weighted by atomic mass is 10.3. The first kappa shape index (κ1) is 14.1. The molecule has 0 radical (unpaired) electrons. The van der Waals surface area contributed by atoms with Crippen LogP contribution in [-0.4, -0.2) is 56.4 Å². The first-order chi connectivity index (χ1) is 6.93. The molecule has 0 unspecified atom stereocenters. The molecule has 2 N–H and O–H groups in total. The largest absolute Gasteiger partial charge is 0.353 e. The normalized spacial score (nSPS) is 12.6. The molecule has 15 heavy (non-hydrogen) atoms. The van der Waals surface area contributed by atoms with E-state index in [1.807, 2.05) is 19.0 Å². The van der Waals surface area contributed by atoms with E-state index in [2.05, 4.69) is 10.6 Å². The number of rotatable bonds is 7. The van der Waals surface area contributed by atoms with Crippen molar-refractivity contribution < 1.29 is 11.0 Å². The van der Waals surface area contributed by atoms with Gasteiger partial charge in [0.1, 0.15) is 5.78 Å². The highest BCUT2D eigenvalue weighted by atomic mass is 16.2. The molecular formula is C10H23N3O2. The highest BCUT2D eigenvalue weighted by Gasteiger charge is 2.11. The molecule has 5 heteroatoms. The van der Waals surface area contributed by atoms with E-state index in [1.54, 1.807) is 6.92 Å². The summed E-state index contributed by atoms with van der Waals surface area (Å²) in [5, 5.41) is 5.63. The molecule has 0 aromatic rings. The molecule has 1 amide bonds. The summed E-state index contributed by atoms with van der Waals surface area (Å²) in [5.41, 5.74) is 0. The lowest BCUT2D eigenvalue weighted by Crippen LogP contribution is -2.45. The Balaban J connectivity index is 0. The van der Waals surface area contributed by atoms with Crippen LogP contribution < -0.4 is 10.6 Å². The van der Waals surface area contributed by atoms with Gasteiger partial charge in [0, 0.05) is 14.5 Å². The highest BCUT2D eigenvalue weighted by Crippen LogP contribution is 1.82. The van der Waals surface area contributed by atoms with Crippen LogP contribution in [0.1, 0.15) is 15.3 Å². The Morgan fingerprint density at radius 3 is 2.47 bits per heavy atom. The number of Topliss-reactive ketones (excluding diaryl/α,β-unsaturated/α-hetero) is 1. The van der Waals surface area contributed by atoms with Gasteiger partial charge in [0.2, 0.25) is 5.91 Å². The van der Waals surface area contributed by atoms with Crippen molar-refractivity contribution in [2.75, 3.05) is 33.7 Å². The molecule has 90 valence electrons. The van der Waals surface area contributed by atoms with Crippen molar-refractivity contribution in [3.8, 4) is 0 Å². The minimum absolute atomic E-state index is 0. The van der Waals surface area contributed by atoms with Crippen molar-refractivity contribution in [2.24, 2.45) is 0 Å². The molecule has 5 nitrogen and oxygen atoms in total. The van der Waals surface area contributed by atoms with Gasteiger partial charge >= 0.3 is 0 Å². The summed E-state index contributed by atoms with van der Waals surface area (Å²) in [6.07, 6.45) is 0. The zero-order valence-electron chi connectivity index (χ0n) is 9.96. The Kier molecular flexibility index (Phi) is 6.90. The summed E-state index contributed by atoms with van der Waals surface area (Å²) in [6.45, 7) is 4.91. The molecule has 0 heterocycles. The van der Waals surface area contributed by atoms with Crippen LogP contribution in [0.3, 0.4) is 0 Å². The third-order valence-corrected chi connectivity index (χ3v) is 1.91. The lowest BCUT2D eigenvalue weighted by Gasteiger charge is -2.14. The Labute approximate surface area is 92.7 Å². The van der Waals surface area contributed by atoms with Gasteiger partial charge < -0.3 is 10.2 Å². The summed E-state index contributed by atoms with van der Waals surface area (Å²) in [6, 6.07) is -0.323. The Bertz CT molecular complexity index is 222. The van der Waals surface area contributed by atoms with Gasteiger partial charge in [-0.3, -0.25) is 14.9 Å². The molecule has 1 atom stereocenters. The van der Waals surface area contributed by atoms with Crippen LogP contribution in [-0.2, 0) is 9.59 Å². The zero-order chi connectivity index (χ0) is 11.8. The minimum atomic E-state index is -0.323. The standard InChI is InChI=1S/C10H21N3O2.H2/c1-8(14)7-12-9(2)10(15)11-5-6-13(3)4;/h9,12H,5-7H2,1-4H3,(H,11,15);1H/t9-;/m0./s1. The third kappa shape index (κ3) is 8.08. The van der Waals surface area contributed by atoms with E-state index in [9.17, 15) is 9.59 Å². The Morgan fingerprint density at radius 2 is 2.00 bits per heavy atom. The number of nitrogens with zero attached hydrogens (tertiary/aromatic N) is 1. The van der Waals surface area contributed by atoms with Crippen molar-refractivity contribution in [1.29, 1.82) is 0 Å². The average Bonchev–Trinajstić information content (AvgIpc) is 2.13. The molecule has 0 fully saturated rings. The molecule has 0 saturated carbocycles. The molecule has 0 bridgehead atoms. The van der Waals surface area contributed by atoms with Crippen LogP contribution in [0.25, 0.3) is 0 Å². The number of hydrogen-bond donors (Lipinski definition) is 2. The SMILES string of the molecule is CC(=O)CN[C@@H](C)C(=O)NCCN(C)C.[HH]. The molecule has 0 aliphatic carbocycles. The number of hydrogen-bond acceptors (Lipinski definition) is 4. The second-order valence-electron chi connectivity index (χ2n) is 3.90. The van der Waals surface area contributed by atoms with Crippen molar-refractivity contribution in [1.82, 2.24) is 15.5 Å². The summed E-state index contributed by atoms with van der Waals surface area (Å²) >= 11 is 0. The van der Waals surface area contributed by atoms with E-state index in [1.165, 1.54) is 6.92 Å². The second-order valence-corrected chi connectivity index (χ2v) is 3.90. The van der Waals surface area contributed by atoms with E-state index in [-0.39, 0.29) is 25.7 Å². The molecule has 0 spiro atoms. The summed E-state index contributed by atoms with van der Waals surface area (Å²) in [4.78, 5) is 24.1. The van der Waals surface area contributed by atoms with E-state index >= 15 is 0 Å². The van der Waals surface area contributed by atoms with Crippen molar-refractivity contribution in [3.63, 3.8) is 0 Å². The fourth-order valence-corrected chi connectivity index (χ4v) is 0.945. The van der Waals surface area contributed by atoms with Gasteiger partial charge in [-0.25, -0.2) is 0 Å². The Morgan fingerprint density at radius 1 is 1.40 bits per heavy atom. The quantitative estimate of drug-likeness (QED) is 0.602. The first-order valence-corrected chi connectivity index (χ1v) is 5.08. The van der Waals surface area contributed by atoms with Gasteiger partial charge in [0.05, 0.1) is 12.6 Å². The van der Waals surface area contributed by atoms with E-state index in [4.69, 9.17) is 0 Å². The number of carbonyl (C=O) groups is 2. The first-order valence-electron chi connectivity index (χ1n) is 5.08. The fraction of sp³-hybridized carbons (Fsp3) is 0.800. The van der Waals surface area contributed by atoms with Gasteiger partial charge in [0.15, 0.2) is 0 Å². The molecule has 0 saturated heterocycles. The van der Waals surface area contributed by atoms with E-state index < -0.39 is 0 Å². The smallest absolute Gasteiger partial charge is 0.236 e. The molecule has 0 aliphatic heterocycles. The predicted molar refractivity (Wildman–Crippen MR) is 61.8 cm³/mol. The van der Waals surface area contributed by atoms with Crippen LogP contribution in [0.5, 0.6) is 0 Å². The van der Waals surface area contributed by atoms with Crippen molar-refractivity contribution in [2.45, 2.75) is 19.9 Å². The zero-order valence-corrected chi connectivity index (χ0v) is 9.96. The summed E-state index contributed by atoms with van der Waals surface area (Å²) in [5.74, 6) is -0.0407. The van der Waals surface area contributed by atoms with Gasteiger partial charge in [-0.1, -0.05) is 0 Å². The third-order valence-electron chi connectivity index (χ3n) is 1.91. The van der Waals surface area contributed by atoms with Crippen LogP contribution >= 0.6 is 0 Å². The maximum Gasteiger partial charge on any atom is 0.236 e. The number of ketones is 1. The topological polar surface area (TPSA) is 61.4 Å². The molecule has 0 aromatic heterocycles. The van der Waals surface area contributed by atoms with E-state index in [0.29, 0.717) is 6.54 Å². The monoisotopic (exact) mass is 217 g/mol. The number of nitrogens with one attached hydrogen (secondary N) is 2. The Hall–Kier alpha value is -0.940. The molecule has 0 aromatic carbocycles. The number of amides is 1. The minimum Gasteiger partial charge on any atom is -0.353 e. The maximum absolute atomic E-state index is 11.4. The molecule has 0 aliphatic rings. The van der Waals surface area contributed by atoms with Crippen molar-refractivity contribution in [3.05, 3.63) is 0 Å². The predicted octanol–water partition coefficient (Wildman–Crippen LogP) is -0.523. The molecule has 0 rings (SSSR count). The fourth-order valence-electron chi connectivity index (χ4n) is 0.945.